The summed E-state index contributed by atoms with van der Waals surface area (Å²) in [5.74, 6) is 0.155. The minimum atomic E-state index is -0.772. The molecule has 0 radical (unpaired) electrons. The molecule has 0 atom stereocenters. The number of hydrogen-bond acceptors (Lipinski definition) is 5. The van der Waals surface area contributed by atoms with Crippen molar-refractivity contribution >= 4 is 28.2 Å². The van der Waals surface area contributed by atoms with Crippen LogP contribution in [0.1, 0.15) is 0 Å². The average Bonchev–Trinajstić information content (AvgIpc) is 2.60. The number of nitro benzene ring substituents is 1. The van der Waals surface area contributed by atoms with Crippen LogP contribution >= 0.6 is 11.6 Å². The first-order valence-electron chi connectivity index (χ1n) is 7.44. The van der Waals surface area contributed by atoms with Gasteiger partial charge in [-0.25, -0.2) is 4.79 Å². The quantitative estimate of drug-likeness (QED) is 0.332. The SMILES string of the molecule is O=c1nc2n(-c3ccc(Cl)cc3)c3ccc([N+](=O)[O-])cc3cc-2c(=O)[nH]1. The second-order valence-corrected chi connectivity index (χ2v) is 6.00. The van der Waals surface area contributed by atoms with Crippen LogP contribution in [0.4, 0.5) is 5.69 Å². The molecule has 8 nitrogen and oxygen atoms in total. The molecule has 2 aliphatic heterocycles. The van der Waals surface area contributed by atoms with Gasteiger partial charge in [0, 0.05) is 28.2 Å². The van der Waals surface area contributed by atoms with E-state index in [4.69, 9.17) is 11.6 Å². The lowest BCUT2D eigenvalue weighted by Gasteiger charge is -2.17. The maximum absolute atomic E-state index is 12.2. The molecule has 0 aliphatic carbocycles. The van der Waals surface area contributed by atoms with E-state index in [0.29, 0.717) is 21.6 Å². The number of halogens is 1. The number of benzene rings is 2. The van der Waals surface area contributed by atoms with Crippen LogP contribution in [0.2, 0.25) is 5.02 Å². The van der Waals surface area contributed by atoms with Crippen LogP contribution in [0.15, 0.2) is 58.1 Å². The molecule has 1 N–H and O–H groups in total. The Kier molecular flexibility index (Phi) is 3.55. The van der Waals surface area contributed by atoms with Gasteiger partial charge in [0.2, 0.25) is 0 Å². The average molecular weight is 369 g/mol. The van der Waals surface area contributed by atoms with Crippen LogP contribution in [-0.2, 0) is 0 Å². The molecule has 4 rings (SSSR count). The summed E-state index contributed by atoms with van der Waals surface area (Å²) < 4.78 is 1.60. The lowest BCUT2D eigenvalue weighted by molar-refractivity contribution is -0.384. The monoisotopic (exact) mass is 368 g/mol. The molecule has 2 aromatic carbocycles. The maximum atomic E-state index is 12.2. The fraction of sp³-hybridized carbons (Fsp3) is 0. The lowest BCUT2D eigenvalue weighted by Crippen LogP contribution is -2.27. The predicted octanol–water partition coefficient (Wildman–Crippen LogP) is 2.74. The summed E-state index contributed by atoms with van der Waals surface area (Å²) in [5.41, 5.74) is -0.182. The van der Waals surface area contributed by atoms with Gasteiger partial charge >= 0.3 is 5.69 Å². The van der Waals surface area contributed by atoms with Crippen LogP contribution in [0.5, 0.6) is 0 Å². The molecule has 0 fully saturated rings. The molecule has 0 amide bonds. The van der Waals surface area contributed by atoms with Gasteiger partial charge in [0.15, 0.2) is 5.82 Å². The van der Waals surface area contributed by atoms with Crippen molar-refractivity contribution in [2.45, 2.75) is 0 Å². The van der Waals surface area contributed by atoms with Gasteiger partial charge in [0.1, 0.15) is 0 Å². The molecule has 2 heterocycles. The number of rotatable bonds is 2. The molecule has 0 aromatic heterocycles. The third-order valence-corrected chi connectivity index (χ3v) is 4.22. The van der Waals surface area contributed by atoms with E-state index in [1.54, 1.807) is 34.9 Å². The molecule has 0 unspecified atom stereocenters. The molecule has 9 heteroatoms. The highest BCUT2D eigenvalue weighted by molar-refractivity contribution is 6.30. The molecule has 128 valence electrons. The van der Waals surface area contributed by atoms with Gasteiger partial charge in [-0.15, -0.1) is 0 Å². The van der Waals surface area contributed by atoms with E-state index < -0.39 is 16.2 Å². The molecule has 0 saturated heterocycles. The van der Waals surface area contributed by atoms with Crippen molar-refractivity contribution in [1.29, 1.82) is 0 Å². The molecule has 0 bridgehead atoms. The summed E-state index contributed by atoms with van der Waals surface area (Å²) >= 11 is 5.94. The third kappa shape index (κ3) is 2.52. The van der Waals surface area contributed by atoms with Crippen LogP contribution < -0.4 is 11.2 Å². The van der Waals surface area contributed by atoms with E-state index in [0.717, 1.165) is 0 Å². The van der Waals surface area contributed by atoms with E-state index in [2.05, 4.69) is 9.97 Å². The van der Waals surface area contributed by atoms with Crippen molar-refractivity contribution < 1.29 is 4.92 Å². The fourth-order valence-electron chi connectivity index (χ4n) is 2.85. The highest BCUT2D eigenvalue weighted by Crippen LogP contribution is 2.30. The zero-order valence-electron chi connectivity index (χ0n) is 13.0. The third-order valence-electron chi connectivity index (χ3n) is 3.97. The molecule has 26 heavy (non-hydrogen) atoms. The predicted molar refractivity (Wildman–Crippen MR) is 96.2 cm³/mol. The summed E-state index contributed by atoms with van der Waals surface area (Å²) in [6.07, 6.45) is 0. The van der Waals surface area contributed by atoms with Crippen molar-refractivity contribution in [1.82, 2.24) is 14.5 Å². The van der Waals surface area contributed by atoms with Crippen molar-refractivity contribution in [3.05, 3.63) is 84.5 Å². The summed E-state index contributed by atoms with van der Waals surface area (Å²) in [7, 11) is 0. The van der Waals surface area contributed by atoms with Gasteiger partial charge in [-0.1, -0.05) is 11.6 Å². The van der Waals surface area contributed by atoms with E-state index in [1.807, 2.05) is 0 Å². The molecule has 0 spiro atoms. The second-order valence-electron chi connectivity index (χ2n) is 5.56. The minimum absolute atomic E-state index is 0.107. The molecular weight excluding hydrogens is 360 g/mol. The van der Waals surface area contributed by atoms with Gasteiger partial charge in [0.25, 0.3) is 11.2 Å². The second kappa shape index (κ2) is 5.78. The van der Waals surface area contributed by atoms with Crippen LogP contribution in [-0.4, -0.2) is 19.5 Å². The van der Waals surface area contributed by atoms with E-state index in [-0.39, 0.29) is 17.1 Å². The topological polar surface area (TPSA) is 111 Å². The van der Waals surface area contributed by atoms with Crippen LogP contribution in [0.3, 0.4) is 0 Å². The van der Waals surface area contributed by atoms with Crippen LogP contribution in [0.25, 0.3) is 28.0 Å². The van der Waals surface area contributed by atoms with E-state index in [1.165, 1.54) is 18.2 Å². The molecular formula is C17H9ClN4O4. The Balaban J connectivity index is 2.20. The number of nitrogens with one attached hydrogen (secondary N) is 1. The number of pyridine rings is 1. The highest BCUT2D eigenvalue weighted by Gasteiger charge is 2.19. The number of hydrogen-bond donors (Lipinski definition) is 1. The summed E-state index contributed by atoms with van der Waals surface area (Å²) in [6, 6.07) is 12.5. The van der Waals surface area contributed by atoms with Crippen molar-refractivity contribution in [3.8, 4) is 17.1 Å². The first-order valence-corrected chi connectivity index (χ1v) is 7.82. The Morgan fingerprint density at radius 1 is 1.08 bits per heavy atom. The number of H-pyrrole nitrogens is 1. The number of aromatic nitrogens is 3. The molecule has 0 saturated carbocycles. The van der Waals surface area contributed by atoms with Gasteiger partial charge in [-0.3, -0.25) is 24.5 Å². The largest absolute Gasteiger partial charge is 0.349 e. The summed E-state index contributed by atoms with van der Waals surface area (Å²) in [4.78, 5) is 40.6. The summed E-state index contributed by atoms with van der Waals surface area (Å²) in [6.45, 7) is 0. The van der Waals surface area contributed by atoms with Gasteiger partial charge < -0.3 is 0 Å². The Hall–Kier alpha value is -3.52. The Morgan fingerprint density at radius 2 is 1.81 bits per heavy atom. The number of fused-ring (bicyclic) bond motifs is 2. The van der Waals surface area contributed by atoms with Gasteiger partial charge in [-0.2, -0.15) is 4.98 Å². The Labute approximate surface area is 149 Å². The first-order chi connectivity index (χ1) is 12.4. The van der Waals surface area contributed by atoms with Crippen molar-refractivity contribution in [3.63, 3.8) is 0 Å². The Bertz CT molecular complexity index is 1260. The molecule has 2 aromatic rings. The normalized spacial score (nSPS) is 11.1. The van der Waals surface area contributed by atoms with Crippen LogP contribution in [0, 0.1) is 10.1 Å². The molecule has 2 aliphatic rings. The first kappa shape index (κ1) is 16.0. The van der Waals surface area contributed by atoms with Gasteiger partial charge in [0.05, 0.1) is 16.0 Å². The van der Waals surface area contributed by atoms with Gasteiger partial charge in [-0.05, 0) is 36.4 Å². The summed E-state index contributed by atoms with van der Waals surface area (Å²) in [5, 5.41) is 12.1. The number of non-ortho nitro benzene ring substituents is 1. The highest BCUT2D eigenvalue weighted by atomic mass is 35.5. The zero-order valence-corrected chi connectivity index (χ0v) is 13.7. The minimum Gasteiger partial charge on any atom is -0.294 e. The maximum Gasteiger partial charge on any atom is 0.349 e. The van der Waals surface area contributed by atoms with E-state index in [9.17, 15) is 19.7 Å². The standard InChI is InChI=1S/C17H9ClN4O4/c18-10-1-3-11(4-2-10)21-14-6-5-12(22(25)26)7-9(14)8-13-15(21)19-17(24)20-16(13)23/h1-8H,(H,20,23,24). The fourth-order valence-corrected chi connectivity index (χ4v) is 2.97. The van der Waals surface area contributed by atoms with Crippen molar-refractivity contribution in [2.75, 3.05) is 0 Å². The number of aromatic amines is 1. The Morgan fingerprint density at radius 3 is 2.50 bits per heavy atom. The van der Waals surface area contributed by atoms with Crippen molar-refractivity contribution in [2.24, 2.45) is 0 Å². The number of nitrogens with zero attached hydrogens (tertiary/aromatic N) is 3. The van der Waals surface area contributed by atoms with E-state index >= 15 is 0 Å². The lowest BCUT2D eigenvalue weighted by atomic mass is 10.1. The number of nitro groups is 1. The zero-order chi connectivity index (χ0) is 18.4. The smallest absolute Gasteiger partial charge is 0.294 e.